The van der Waals surface area contributed by atoms with Crippen molar-refractivity contribution in [3.63, 3.8) is 0 Å². The van der Waals surface area contributed by atoms with Crippen LogP contribution in [0, 0.1) is 6.92 Å². The van der Waals surface area contributed by atoms with Gasteiger partial charge in [-0.1, -0.05) is 79.4 Å². The minimum Gasteiger partial charge on any atom is -0.348 e. The summed E-state index contributed by atoms with van der Waals surface area (Å²) in [7, 11) is 0. The Bertz CT molecular complexity index is 1340. The number of carbonyl (C=O) groups is 1. The normalized spacial score (nSPS) is 14.5. The molecule has 5 rings (SSSR count). The zero-order valence-corrected chi connectivity index (χ0v) is 19.0. The number of aryl methyl sites for hydroxylation is 1. The molecule has 5 heteroatoms. The van der Waals surface area contributed by atoms with Crippen molar-refractivity contribution < 1.29 is 4.79 Å². The van der Waals surface area contributed by atoms with Crippen LogP contribution in [0.25, 0.3) is 16.8 Å². The maximum atomic E-state index is 13.6. The van der Waals surface area contributed by atoms with Crippen molar-refractivity contribution in [1.29, 1.82) is 0 Å². The lowest BCUT2D eigenvalue weighted by Crippen LogP contribution is -2.40. The number of fused-ring (bicyclic) bond motifs is 1. The van der Waals surface area contributed by atoms with Crippen molar-refractivity contribution in [3.05, 3.63) is 100 Å². The Labute approximate surface area is 193 Å². The van der Waals surface area contributed by atoms with Crippen LogP contribution >= 0.6 is 0 Å². The maximum Gasteiger partial charge on any atom is 0.275 e. The second-order valence-electron chi connectivity index (χ2n) is 9.04. The van der Waals surface area contributed by atoms with E-state index in [2.05, 4.69) is 11.4 Å². The minimum atomic E-state index is -0.179. The van der Waals surface area contributed by atoms with Crippen molar-refractivity contribution >= 4 is 11.4 Å². The molecule has 1 N–H and O–H groups in total. The summed E-state index contributed by atoms with van der Waals surface area (Å²) in [5.41, 5.74) is 4.84. The zero-order chi connectivity index (χ0) is 22.8. The Morgan fingerprint density at radius 1 is 0.970 bits per heavy atom. The fourth-order valence-electron chi connectivity index (χ4n) is 4.88. The van der Waals surface area contributed by atoms with Gasteiger partial charge in [0, 0.05) is 12.2 Å². The van der Waals surface area contributed by atoms with E-state index in [1.807, 2.05) is 78.2 Å². The average Bonchev–Trinajstić information content (AvgIpc) is 3.26. The third-order valence-corrected chi connectivity index (χ3v) is 6.59. The van der Waals surface area contributed by atoms with Crippen LogP contribution in [0.15, 0.2) is 77.7 Å². The molecule has 5 nitrogen and oxygen atoms in total. The van der Waals surface area contributed by atoms with E-state index in [1.54, 1.807) is 4.57 Å². The van der Waals surface area contributed by atoms with Crippen LogP contribution in [0.1, 0.15) is 53.7 Å². The molecule has 0 bridgehead atoms. The van der Waals surface area contributed by atoms with Crippen molar-refractivity contribution in [3.8, 4) is 11.3 Å². The van der Waals surface area contributed by atoms with Gasteiger partial charge in [-0.2, -0.15) is 0 Å². The van der Waals surface area contributed by atoms with Gasteiger partial charge >= 0.3 is 0 Å². The number of nitrogens with zero attached hydrogens (tertiary/aromatic N) is 2. The molecule has 0 spiro atoms. The van der Waals surface area contributed by atoms with E-state index in [-0.39, 0.29) is 17.5 Å². The summed E-state index contributed by atoms with van der Waals surface area (Å²) < 4.78 is 3.48. The van der Waals surface area contributed by atoms with E-state index in [1.165, 1.54) is 6.42 Å². The number of hydrogen-bond acceptors (Lipinski definition) is 2. The molecule has 1 amide bonds. The molecule has 0 aliphatic heterocycles. The first kappa shape index (κ1) is 21.3. The summed E-state index contributed by atoms with van der Waals surface area (Å²) in [6.07, 6.45) is 7.31. The van der Waals surface area contributed by atoms with Gasteiger partial charge in [0.25, 0.3) is 11.5 Å². The maximum absolute atomic E-state index is 13.6. The first-order valence-electron chi connectivity index (χ1n) is 11.8. The molecule has 0 unspecified atom stereocenters. The van der Waals surface area contributed by atoms with Gasteiger partial charge in [-0.05, 0) is 43.0 Å². The molecular weight excluding hydrogens is 410 g/mol. The lowest BCUT2D eigenvalue weighted by atomic mass is 9.95. The van der Waals surface area contributed by atoms with Crippen LogP contribution in [-0.2, 0) is 6.54 Å². The van der Waals surface area contributed by atoms with Crippen molar-refractivity contribution in [2.45, 2.75) is 51.6 Å². The molecule has 1 saturated carbocycles. The highest BCUT2D eigenvalue weighted by Crippen LogP contribution is 2.23. The number of carbonyl (C=O) groups excluding carboxylic acids is 1. The van der Waals surface area contributed by atoms with E-state index in [9.17, 15) is 9.59 Å². The Morgan fingerprint density at radius 2 is 1.76 bits per heavy atom. The molecule has 33 heavy (non-hydrogen) atoms. The van der Waals surface area contributed by atoms with Gasteiger partial charge in [-0.3, -0.25) is 14.2 Å². The molecule has 2 aromatic carbocycles. The Hall–Kier alpha value is -3.60. The van der Waals surface area contributed by atoms with Crippen LogP contribution in [0.5, 0.6) is 0 Å². The van der Waals surface area contributed by atoms with Gasteiger partial charge in [0.15, 0.2) is 0 Å². The van der Waals surface area contributed by atoms with Gasteiger partial charge in [0.1, 0.15) is 11.2 Å². The van der Waals surface area contributed by atoms with Gasteiger partial charge < -0.3 is 9.72 Å². The monoisotopic (exact) mass is 439 g/mol. The number of amides is 1. The Balaban J connectivity index is 1.63. The summed E-state index contributed by atoms with van der Waals surface area (Å²) in [5.74, 6) is -0.179. The summed E-state index contributed by atoms with van der Waals surface area (Å²) >= 11 is 0. The van der Waals surface area contributed by atoms with Crippen LogP contribution in [0.3, 0.4) is 0 Å². The molecule has 0 radical (unpaired) electrons. The van der Waals surface area contributed by atoms with E-state index in [4.69, 9.17) is 0 Å². The smallest absolute Gasteiger partial charge is 0.275 e. The predicted octanol–water partition coefficient (Wildman–Crippen LogP) is 5.19. The molecule has 1 aliphatic carbocycles. The molecule has 4 aromatic rings. The summed E-state index contributed by atoms with van der Waals surface area (Å²) in [6, 6.07) is 22.0. The van der Waals surface area contributed by atoms with Crippen LogP contribution in [0.4, 0.5) is 0 Å². The summed E-state index contributed by atoms with van der Waals surface area (Å²) in [5, 5.41) is 3.20. The SMILES string of the molecule is Cc1cccc(Cn2c(C(=O)NC3CCCCC3)cn3c(-c4ccccc4)ccc3c2=O)c1. The van der Waals surface area contributed by atoms with Gasteiger partial charge in [-0.15, -0.1) is 0 Å². The second kappa shape index (κ2) is 9.10. The molecule has 2 aromatic heterocycles. The zero-order valence-electron chi connectivity index (χ0n) is 19.0. The Morgan fingerprint density at radius 3 is 2.52 bits per heavy atom. The molecule has 168 valence electrons. The molecule has 1 aliphatic rings. The van der Waals surface area contributed by atoms with Crippen LogP contribution in [0.2, 0.25) is 0 Å². The Kier molecular flexibility index (Phi) is 5.86. The van der Waals surface area contributed by atoms with Crippen LogP contribution < -0.4 is 10.9 Å². The lowest BCUT2D eigenvalue weighted by Gasteiger charge is -2.24. The van der Waals surface area contributed by atoms with E-state index < -0.39 is 0 Å². The van der Waals surface area contributed by atoms with Crippen LogP contribution in [-0.4, -0.2) is 20.9 Å². The van der Waals surface area contributed by atoms with E-state index in [0.717, 1.165) is 48.1 Å². The first-order chi connectivity index (χ1) is 16.1. The minimum absolute atomic E-state index is 0.157. The van der Waals surface area contributed by atoms with Crippen molar-refractivity contribution in [2.75, 3.05) is 0 Å². The fraction of sp³-hybridized carbons (Fsp3) is 0.286. The third-order valence-electron chi connectivity index (χ3n) is 6.59. The number of hydrogen-bond donors (Lipinski definition) is 1. The standard InChI is InChI=1S/C28H29N3O2/c1-20-9-8-10-21(17-20)18-31-26(27(32)29-23-13-6-3-7-14-23)19-30-24(15-16-25(30)28(31)33)22-11-4-2-5-12-22/h2,4-5,8-12,15-17,19,23H,3,6-7,13-14,18H2,1H3,(H,29,32). The van der Waals surface area contributed by atoms with Crippen molar-refractivity contribution in [1.82, 2.24) is 14.3 Å². The second-order valence-corrected chi connectivity index (χ2v) is 9.04. The third kappa shape index (κ3) is 4.36. The van der Waals surface area contributed by atoms with Gasteiger partial charge in [-0.25, -0.2) is 0 Å². The van der Waals surface area contributed by atoms with Gasteiger partial charge in [0.05, 0.1) is 12.2 Å². The molecule has 2 heterocycles. The highest BCUT2D eigenvalue weighted by molar-refractivity contribution is 5.93. The topological polar surface area (TPSA) is 55.5 Å². The number of nitrogens with one attached hydrogen (secondary N) is 1. The summed E-state index contributed by atoms with van der Waals surface area (Å²) in [4.78, 5) is 27.1. The molecular formula is C28H29N3O2. The molecule has 1 fully saturated rings. The largest absolute Gasteiger partial charge is 0.348 e. The molecule has 0 atom stereocenters. The average molecular weight is 440 g/mol. The van der Waals surface area contributed by atoms with Gasteiger partial charge in [0.2, 0.25) is 0 Å². The molecule has 0 saturated heterocycles. The predicted molar refractivity (Wildman–Crippen MR) is 132 cm³/mol. The highest BCUT2D eigenvalue weighted by atomic mass is 16.2. The fourth-order valence-corrected chi connectivity index (χ4v) is 4.88. The van der Waals surface area contributed by atoms with E-state index in [0.29, 0.717) is 17.8 Å². The number of aromatic nitrogens is 2. The quantitative estimate of drug-likeness (QED) is 0.465. The highest BCUT2D eigenvalue weighted by Gasteiger charge is 2.22. The van der Waals surface area contributed by atoms with Crippen molar-refractivity contribution in [2.24, 2.45) is 0 Å². The number of benzene rings is 2. The van der Waals surface area contributed by atoms with E-state index >= 15 is 0 Å². The summed E-state index contributed by atoms with van der Waals surface area (Å²) in [6.45, 7) is 2.39. The first-order valence-corrected chi connectivity index (χ1v) is 11.8. The number of rotatable bonds is 5. The lowest BCUT2D eigenvalue weighted by molar-refractivity contribution is 0.0917.